The molecule has 0 saturated heterocycles. The predicted octanol–water partition coefficient (Wildman–Crippen LogP) is -9.08. The summed E-state index contributed by atoms with van der Waals surface area (Å²) in [5, 5.41) is 0. The van der Waals surface area contributed by atoms with Crippen molar-refractivity contribution in [2.45, 2.75) is 0 Å². The molecule has 0 saturated carbocycles. The first kappa shape index (κ1) is 52.6. The number of hydrogen-bond donors (Lipinski definition) is 0. The minimum absolute atomic E-state index is 0. The van der Waals surface area contributed by atoms with E-state index in [2.05, 4.69) is 0 Å². The van der Waals surface area contributed by atoms with Crippen molar-refractivity contribution in [3.05, 3.63) is 0 Å². The van der Waals surface area contributed by atoms with Crippen molar-refractivity contribution in [3.8, 4) is 0 Å². The smallest absolute Gasteiger partial charge is 0.786 e. The third-order valence-electron chi connectivity index (χ3n) is 0. The monoisotopic (exact) mass is 612 g/mol. The first-order valence-corrected chi connectivity index (χ1v) is 10.8. The second-order valence-corrected chi connectivity index (χ2v) is 6.46. The van der Waals surface area contributed by atoms with Gasteiger partial charge in [-0.2, -0.15) is 0 Å². The average molecular weight is 612 g/mol. The van der Waals surface area contributed by atoms with Gasteiger partial charge in [-0.3, -0.25) is 0 Å². The molecule has 0 spiro atoms. The van der Waals surface area contributed by atoms with Crippen molar-refractivity contribution >= 4 is 39.5 Å². The van der Waals surface area contributed by atoms with Crippen LogP contribution in [0.15, 0.2) is 0 Å². The maximum Gasteiger partial charge on any atom is 5.00 e. The third-order valence-corrected chi connectivity index (χ3v) is 0. The number of rotatable bonds is 0. The molecule has 15 nitrogen and oxygen atoms in total. The van der Waals surface area contributed by atoms with Gasteiger partial charge in [0.05, 0.1) is 0 Å². The largest absolute Gasteiger partial charge is 5.00 e. The molecule has 28 heavy (non-hydrogen) atoms. The molecule has 0 unspecified atom stereocenters. The molecule has 28 heteroatoms. The second kappa shape index (κ2) is 22.9. The molecule has 0 aromatic rings. The zero-order chi connectivity index (χ0) is 22.5. The maximum atomic E-state index is 10.1. The molecule has 0 aliphatic carbocycles. The zero-order valence-electron chi connectivity index (χ0n) is 12.2. The molecule has 0 rings (SSSR count). The van der Waals surface area contributed by atoms with Crippen LogP contribution in [0.25, 0.3) is 0 Å². The van der Waals surface area contributed by atoms with Crippen molar-refractivity contribution in [3.63, 3.8) is 0 Å². The van der Waals surface area contributed by atoms with Gasteiger partial charge in [0.2, 0.25) is 0 Å². The Morgan fingerprint density at radius 1 is 0.393 bits per heavy atom. The fourth-order valence-electron chi connectivity index (χ4n) is 0. The summed E-state index contributed by atoms with van der Waals surface area (Å²) in [6.45, 7) is 0. The van der Waals surface area contributed by atoms with Crippen LogP contribution in [0.3, 0.4) is 0 Å². The van der Waals surface area contributed by atoms with Crippen LogP contribution < -0.4 is 78.5 Å². The van der Waals surface area contributed by atoms with E-state index >= 15 is 0 Å². The van der Waals surface area contributed by atoms with Crippen LogP contribution in [-0.2, 0) is 63.1 Å². The summed E-state index contributed by atoms with van der Waals surface area (Å²) >= 11 is 0. The molecular weight excluding hydrogens is 612 g/mol. The van der Waals surface area contributed by atoms with Gasteiger partial charge in [0, 0.05) is 0 Å². The molecule has 0 aromatic heterocycles. The predicted molar refractivity (Wildman–Crippen MR) is 43.6 cm³/mol. The Kier molecular flexibility index (Phi) is 42.9. The number of hydrogen-bond acceptors (Lipinski definition) is 15. The Morgan fingerprint density at radius 2 is 0.393 bits per heavy atom. The van der Waals surface area contributed by atoms with Crippen LogP contribution in [0.2, 0.25) is 0 Å². The fraction of sp³-hybridized carbons (Fsp3) is 0. The van der Waals surface area contributed by atoms with Crippen LogP contribution in [0.5, 0.6) is 0 Å². The van der Waals surface area contributed by atoms with E-state index in [0.29, 0.717) is 0 Å². The standard InChI is InChI=1S/5FH2O3P.Na.Ti.V/c5*1-5(2,3)4;;;/h5*(H2,2,3,4);;;/q;;;;;+1;+4;+5/p-10. The Morgan fingerprint density at radius 3 is 0.393 bits per heavy atom. The summed E-state index contributed by atoms with van der Waals surface area (Å²) in [6, 6.07) is 0. The van der Waals surface area contributed by atoms with Crippen LogP contribution in [0.1, 0.15) is 0 Å². The molecule has 0 heterocycles. The molecule has 0 fully saturated rings. The van der Waals surface area contributed by atoms with E-state index in [4.69, 9.17) is 71.8 Å². The number of halogens is 5. The molecule has 0 aromatic carbocycles. The molecular formula is F5NaO15P5TiV. The van der Waals surface area contributed by atoms with E-state index in [1.807, 2.05) is 0 Å². The Bertz CT molecular complexity index is 400. The van der Waals surface area contributed by atoms with E-state index in [-0.39, 0.29) is 69.8 Å². The van der Waals surface area contributed by atoms with Gasteiger partial charge in [0.1, 0.15) is 39.5 Å². The van der Waals surface area contributed by atoms with E-state index in [0.717, 1.165) is 0 Å². The summed E-state index contributed by atoms with van der Waals surface area (Å²) in [4.78, 5) is 84.4. The van der Waals surface area contributed by atoms with Crippen LogP contribution in [0.4, 0.5) is 21.0 Å². The van der Waals surface area contributed by atoms with Crippen LogP contribution >= 0.6 is 39.5 Å². The summed E-state index contributed by atoms with van der Waals surface area (Å²) in [6.07, 6.45) is 0. The van der Waals surface area contributed by atoms with Crippen molar-refractivity contribution in [1.29, 1.82) is 0 Å². The van der Waals surface area contributed by atoms with Crippen LogP contribution in [-0.4, -0.2) is 0 Å². The summed E-state index contributed by atoms with van der Waals surface area (Å²) in [5.74, 6) is 0. The average Bonchev–Trinajstić information content (AvgIpc) is 1.79. The molecule has 0 amide bonds. The van der Waals surface area contributed by atoms with Crippen molar-refractivity contribution < 1.29 is 163 Å². The maximum absolute atomic E-state index is 10.1. The normalized spacial score (nSPS) is 10.5. The van der Waals surface area contributed by atoms with Gasteiger partial charge in [0.25, 0.3) is 0 Å². The molecule has 0 aliphatic heterocycles. The van der Waals surface area contributed by atoms with E-state index in [1.165, 1.54) is 0 Å². The summed E-state index contributed by atoms with van der Waals surface area (Å²) in [7, 11) is -28.2. The van der Waals surface area contributed by atoms with Gasteiger partial charge in [-0.15, -0.1) is 0 Å². The van der Waals surface area contributed by atoms with Gasteiger partial charge < -0.3 is 71.8 Å². The quantitative estimate of drug-likeness (QED) is 0.139. The SMILES string of the molecule is O=P([O-])([O-])F.O=P([O-])([O-])F.O=P([O-])([O-])F.O=P([O-])([O-])F.O=P([O-])([O-])F.[Na+].[Ti+4].[V+5]. The van der Waals surface area contributed by atoms with Gasteiger partial charge in [-0.1, -0.05) is 0 Å². The van der Waals surface area contributed by atoms with Gasteiger partial charge in [-0.05, 0) is 0 Å². The van der Waals surface area contributed by atoms with E-state index < -0.39 is 39.5 Å². The molecule has 160 valence electrons. The Balaban J connectivity index is -0.0000000290. The van der Waals surface area contributed by atoms with E-state index in [9.17, 15) is 21.0 Å². The zero-order valence-corrected chi connectivity index (χ0v) is 21.6. The molecule has 0 aliphatic rings. The van der Waals surface area contributed by atoms with Gasteiger partial charge in [0.15, 0.2) is 0 Å². The van der Waals surface area contributed by atoms with E-state index in [1.54, 1.807) is 0 Å². The Labute approximate surface area is 201 Å². The topological polar surface area (TPSA) is 316 Å². The Hall–Kier alpha value is 2.70. The fourth-order valence-corrected chi connectivity index (χ4v) is 0. The van der Waals surface area contributed by atoms with Crippen LogP contribution in [0, 0.1) is 0 Å². The summed E-state index contributed by atoms with van der Waals surface area (Å²) in [5.41, 5.74) is 0. The molecule has 0 atom stereocenters. The van der Waals surface area contributed by atoms with Crippen molar-refractivity contribution in [1.82, 2.24) is 0 Å². The minimum Gasteiger partial charge on any atom is -0.786 e. The van der Waals surface area contributed by atoms with Gasteiger partial charge >= 0.3 is 69.8 Å². The first-order chi connectivity index (χ1) is 10.0. The first-order valence-electron chi connectivity index (χ1n) is 3.58. The molecule has 0 radical (unpaired) electrons. The second-order valence-electron chi connectivity index (χ2n) is 2.15. The third kappa shape index (κ3) is 3020. The summed E-state index contributed by atoms with van der Waals surface area (Å²) < 4.78 is 92.8. The molecule has 0 N–H and O–H groups in total. The van der Waals surface area contributed by atoms with Crippen molar-refractivity contribution in [2.75, 3.05) is 0 Å². The van der Waals surface area contributed by atoms with Gasteiger partial charge in [-0.25, -0.2) is 21.0 Å². The molecule has 0 bridgehead atoms. The van der Waals surface area contributed by atoms with Crippen molar-refractivity contribution in [2.24, 2.45) is 0 Å². The minimum atomic E-state index is -5.64.